The lowest BCUT2D eigenvalue weighted by molar-refractivity contribution is 0.226. The van der Waals surface area contributed by atoms with Gasteiger partial charge >= 0.3 is 0 Å². The highest BCUT2D eigenvalue weighted by Crippen LogP contribution is 2.28. The predicted octanol–water partition coefficient (Wildman–Crippen LogP) is 3.28. The summed E-state index contributed by atoms with van der Waals surface area (Å²) in [6, 6.07) is 5.13. The number of benzene rings is 1. The molecule has 0 aliphatic carbocycles. The second kappa shape index (κ2) is 5.85. The lowest BCUT2D eigenvalue weighted by Gasteiger charge is -2.19. The number of halogens is 1. The molecule has 1 aromatic carbocycles. The maximum Gasteiger partial charge on any atom is 0.165 e. The lowest BCUT2D eigenvalue weighted by atomic mass is 10.1. The fourth-order valence-corrected chi connectivity index (χ4v) is 1.64. The monoisotopic (exact) mass is 225 g/mol. The van der Waals surface area contributed by atoms with Crippen LogP contribution < -0.4 is 10.1 Å². The molecule has 0 saturated heterocycles. The van der Waals surface area contributed by atoms with E-state index in [0.717, 1.165) is 12.1 Å². The minimum Gasteiger partial charge on any atom is -0.488 e. The van der Waals surface area contributed by atoms with E-state index in [9.17, 15) is 4.39 Å². The van der Waals surface area contributed by atoms with Gasteiger partial charge in [-0.15, -0.1) is 0 Å². The Morgan fingerprint density at radius 1 is 1.31 bits per heavy atom. The van der Waals surface area contributed by atoms with E-state index in [1.54, 1.807) is 6.07 Å². The van der Waals surface area contributed by atoms with Crippen LogP contribution in [-0.2, 0) is 0 Å². The van der Waals surface area contributed by atoms with Gasteiger partial charge in [-0.3, -0.25) is 0 Å². The molecule has 90 valence electrons. The second-order valence-electron chi connectivity index (χ2n) is 4.10. The number of rotatable bonds is 5. The van der Waals surface area contributed by atoms with Crippen molar-refractivity contribution in [3.8, 4) is 5.75 Å². The summed E-state index contributed by atoms with van der Waals surface area (Å²) in [4.78, 5) is 0. The van der Waals surface area contributed by atoms with E-state index in [1.807, 2.05) is 33.8 Å². The van der Waals surface area contributed by atoms with E-state index in [0.29, 0.717) is 5.75 Å². The Balaban J connectivity index is 3.02. The van der Waals surface area contributed by atoms with Crippen molar-refractivity contribution in [3.63, 3.8) is 0 Å². The number of hydrogen-bond donors (Lipinski definition) is 1. The molecule has 0 aliphatic rings. The van der Waals surface area contributed by atoms with Gasteiger partial charge < -0.3 is 10.1 Å². The van der Waals surface area contributed by atoms with E-state index in [1.165, 1.54) is 6.07 Å². The minimum absolute atomic E-state index is 0.0236. The van der Waals surface area contributed by atoms with Gasteiger partial charge in [0.1, 0.15) is 0 Å². The quantitative estimate of drug-likeness (QED) is 0.830. The number of nitrogens with one attached hydrogen (secondary N) is 1. The van der Waals surface area contributed by atoms with Crippen LogP contribution in [0, 0.1) is 5.82 Å². The molecule has 1 atom stereocenters. The highest BCUT2D eigenvalue weighted by molar-refractivity contribution is 5.37. The molecule has 0 saturated carbocycles. The molecule has 0 fully saturated rings. The molecule has 0 aliphatic heterocycles. The summed E-state index contributed by atoms with van der Waals surface area (Å²) in [6.45, 7) is 8.67. The van der Waals surface area contributed by atoms with Gasteiger partial charge in [-0.25, -0.2) is 4.39 Å². The first-order valence-electron chi connectivity index (χ1n) is 5.74. The van der Waals surface area contributed by atoms with E-state index in [2.05, 4.69) is 5.32 Å². The van der Waals surface area contributed by atoms with Crippen LogP contribution >= 0.6 is 0 Å². The molecule has 2 nitrogen and oxygen atoms in total. The fraction of sp³-hybridized carbons (Fsp3) is 0.538. The number of para-hydroxylation sites is 1. The van der Waals surface area contributed by atoms with Gasteiger partial charge in [0.25, 0.3) is 0 Å². The molecule has 1 unspecified atom stereocenters. The van der Waals surface area contributed by atoms with Crippen molar-refractivity contribution in [1.29, 1.82) is 0 Å². The summed E-state index contributed by atoms with van der Waals surface area (Å²) >= 11 is 0. The molecule has 1 rings (SSSR count). The van der Waals surface area contributed by atoms with E-state index in [4.69, 9.17) is 4.74 Å². The summed E-state index contributed by atoms with van der Waals surface area (Å²) in [5, 5.41) is 3.26. The van der Waals surface area contributed by atoms with Crippen molar-refractivity contribution in [3.05, 3.63) is 29.6 Å². The fourth-order valence-electron chi connectivity index (χ4n) is 1.64. The summed E-state index contributed by atoms with van der Waals surface area (Å²) in [5.41, 5.74) is 0.871. The zero-order chi connectivity index (χ0) is 12.1. The second-order valence-corrected chi connectivity index (χ2v) is 4.10. The Morgan fingerprint density at radius 2 is 2.00 bits per heavy atom. The third-order valence-corrected chi connectivity index (χ3v) is 2.33. The number of hydrogen-bond acceptors (Lipinski definition) is 2. The minimum atomic E-state index is -0.295. The summed E-state index contributed by atoms with van der Waals surface area (Å²) in [5.74, 6) is 0.0712. The molecule has 0 bridgehead atoms. The highest BCUT2D eigenvalue weighted by Gasteiger charge is 2.15. The Bertz CT molecular complexity index is 339. The normalized spacial score (nSPS) is 12.9. The summed E-state index contributed by atoms with van der Waals surface area (Å²) < 4.78 is 19.2. The first kappa shape index (κ1) is 13.0. The van der Waals surface area contributed by atoms with Gasteiger partial charge in [0.15, 0.2) is 11.6 Å². The maximum absolute atomic E-state index is 13.7. The zero-order valence-corrected chi connectivity index (χ0v) is 10.4. The Kier molecular flexibility index (Phi) is 4.74. The van der Waals surface area contributed by atoms with Crippen LogP contribution in [0.3, 0.4) is 0 Å². The SMILES string of the molecule is CCNC(C)c1cccc(F)c1OC(C)C. The predicted molar refractivity (Wildman–Crippen MR) is 64.3 cm³/mol. The Labute approximate surface area is 96.8 Å². The first-order chi connectivity index (χ1) is 7.56. The van der Waals surface area contributed by atoms with Gasteiger partial charge in [0.2, 0.25) is 0 Å². The molecule has 1 N–H and O–H groups in total. The molecule has 16 heavy (non-hydrogen) atoms. The molecule has 0 heterocycles. The molecule has 3 heteroatoms. The molecule has 0 spiro atoms. The topological polar surface area (TPSA) is 21.3 Å². The Morgan fingerprint density at radius 3 is 2.56 bits per heavy atom. The average Bonchev–Trinajstić information content (AvgIpc) is 2.20. The van der Waals surface area contributed by atoms with E-state index in [-0.39, 0.29) is 18.0 Å². The van der Waals surface area contributed by atoms with Crippen molar-refractivity contribution >= 4 is 0 Å². The van der Waals surface area contributed by atoms with Crippen molar-refractivity contribution in [2.45, 2.75) is 39.8 Å². The summed E-state index contributed by atoms with van der Waals surface area (Å²) in [7, 11) is 0. The van der Waals surface area contributed by atoms with Crippen LogP contribution in [-0.4, -0.2) is 12.6 Å². The molecular formula is C13H20FNO. The van der Waals surface area contributed by atoms with Crippen LogP contribution in [0.5, 0.6) is 5.75 Å². The van der Waals surface area contributed by atoms with Gasteiger partial charge in [-0.1, -0.05) is 19.1 Å². The first-order valence-corrected chi connectivity index (χ1v) is 5.74. The van der Waals surface area contributed by atoms with E-state index < -0.39 is 0 Å². The van der Waals surface area contributed by atoms with Crippen LogP contribution in [0.25, 0.3) is 0 Å². The highest BCUT2D eigenvalue weighted by atomic mass is 19.1. The van der Waals surface area contributed by atoms with Crippen molar-refractivity contribution in [2.24, 2.45) is 0 Å². The third kappa shape index (κ3) is 3.20. The molecule has 0 radical (unpaired) electrons. The van der Waals surface area contributed by atoms with Crippen molar-refractivity contribution in [2.75, 3.05) is 6.54 Å². The number of ether oxygens (including phenoxy) is 1. The van der Waals surface area contributed by atoms with Gasteiger partial charge in [-0.2, -0.15) is 0 Å². The molecule has 0 amide bonds. The average molecular weight is 225 g/mol. The zero-order valence-electron chi connectivity index (χ0n) is 10.4. The van der Waals surface area contributed by atoms with Crippen molar-refractivity contribution in [1.82, 2.24) is 5.32 Å². The maximum atomic E-state index is 13.7. The smallest absolute Gasteiger partial charge is 0.165 e. The van der Waals surface area contributed by atoms with E-state index >= 15 is 0 Å². The van der Waals surface area contributed by atoms with Crippen LogP contribution in [0.4, 0.5) is 4.39 Å². The van der Waals surface area contributed by atoms with Gasteiger partial charge in [-0.05, 0) is 33.4 Å². The molecular weight excluding hydrogens is 205 g/mol. The molecule has 0 aromatic heterocycles. The Hall–Kier alpha value is -1.09. The van der Waals surface area contributed by atoms with Crippen molar-refractivity contribution < 1.29 is 9.13 Å². The standard InChI is InChI=1S/C13H20FNO/c1-5-15-10(4)11-7-6-8-12(14)13(11)16-9(2)3/h6-10,15H,5H2,1-4H3. The van der Waals surface area contributed by atoms with Crippen LogP contribution in [0.15, 0.2) is 18.2 Å². The lowest BCUT2D eigenvalue weighted by Crippen LogP contribution is -2.20. The van der Waals surface area contributed by atoms with Gasteiger partial charge in [0.05, 0.1) is 6.10 Å². The largest absolute Gasteiger partial charge is 0.488 e. The summed E-state index contributed by atoms with van der Waals surface area (Å²) in [6.07, 6.45) is -0.0236. The third-order valence-electron chi connectivity index (χ3n) is 2.33. The molecule has 1 aromatic rings. The van der Waals surface area contributed by atoms with Crippen LogP contribution in [0.2, 0.25) is 0 Å². The van der Waals surface area contributed by atoms with Gasteiger partial charge in [0, 0.05) is 11.6 Å². The van der Waals surface area contributed by atoms with Crippen LogP contribution in [0.1, 0.15) is 39.3 Å².